The predicted octanol–water partition coefficient (Wildman–Crippen LogP) is 1.10. The maximum absolute atomic E-state index is 11.3. The van der Waals surface area contributed by atoms with Crippen LogP contribution < -0.4 is 0 Å². The van der Waals surface area contributed by atoms with Gasteiger partial charge in [-0.15, -0.1) is 0 Å². The molecule has 1 N–H and O–H groups in total. The minimum absolute atomic E-state index is 0.0206. The van der Waals surface area contributed by atoms with E-state index in [1.54, 1.807) is 12.1 Å². The number of carbonyl (C=O) groups is 2. The largest absolute Gasteiger partial charge is 0.478 e. The van der Waals surface area contributed by atoms with Crippen molar-refractivity contribution < 1.29 is 19.4 Å². The van der Waals surface area contributed by atoms with Crippen LogP contribution in [0.5, 0.6) is 0 Å². The first-order valence-corrected chi connectivity index (χ1v) is 4.22. The maximum atomic E-state index is 11.3. The van der Waals surface area contributed by atoms with Crippen molar-refractivity contribution >= 4 is 11.9 Å². The Balaban J connectivity index is 2.63. The molecule has 72 valence electrons. The molecule has 0 fully saturated rings. The van der Waals surface area contributed by atoms with Crippen molar-refractivity contribution in [3.8, 4) is 0 Å². The summed E-state index contributed by atoms with van der Waals surface area (Å²) in [6, 6.07) is 4.80. The van der Waals surface area contributed by atoms with Gasteiger partial charge in [-0.25, -0.2) is 9.59 Å². The van der Waals surface area contributed by atoms with Gasteiger partial charge in [0, 0.05) is 6.42 Å². The minimum atomic E-state index is -1.10. The van der Waals surface area contributed by atoms with Crippen LogP contribution >= 0.6 is 0 Å². The number of carbonyl (C=O) groups excluding carboxylic acids is 1. The first-order chi connectivity index (χ1) is 6.70. The van der Waals surface area contributed by atoms with Gasteiger partial charge in [0.2, 0.25) is 0 Å². The zero-order chi connectivity index (χ0) is 10.1. The Labute approximate surface area is 80.1 Å². The van der Waals surface area contributed by atoms with E-state index in [0.717, 1.165) is 5.56 Å². The molecule has 0 radical (unpaired) electrons. The maximum Gasteiger partial charge on any atom is 0.339 e. The number of hydrogen-bond acceptors (Lipinski definition) is 3. The van der Waals surface area contributed by atoms with Crippen molar-refractivity contribution in [1.82, 2.24) is 0 Å². The SMILES string of the molecule is O=C(O)c1cccc2c1C(=O)OCC2. The predicted molar refractivity (Wildman–Crippen MR) is 47.4 cm³/mol. The van der Waals surface area contributed by atoms with E-state index in [4.69, 9.17) is 9.84 Å². The third-order valence-corrected chi connectivity index (χ3v) is 2.19. The van der Waals surface area contributed by atoms with E-state index >= 15 is 0 Å². The lowest BCUT2D eigenvalue weighted by Crippen LogP contribution is -2.21. The molecule has 4 nitrogen and oxygen atoms in total. The summed E-state index contributed by atoms with van der Waals surface area (Å²) in [7, 11) is 0. The van der Waals surface area contributed by atoms with Crippen LogP contribution in [0.4, 0.5) is 0 Å². The Hall–Kier alpha value is -1.84. The van der Waals surface area contributed by atoms with Gasteiger partial charge in [-0.05, 0) is 11.6 Å². The minimum Gasteiger partial charge on any atom is -0.478 e. The second-order valence-corrected chi connectivity index (χ2v) is 3.03. The summed E-state index contributed by atoms with van der Waals surface area (Å²) in [4.78, 5) is 22.1. The third kappa shape index (κ3) is 1.25. The van der Waals surface area contributed by atoms with Gasteiger partial charge in [0.05, 0.1) is 17.7 Å². The van der Waals surface area contributed by atoms with E-state index in [-0.39, 0.29) is 11.1 Å². The Morgan fingerprint density at radius 3 is 2.93 bits per heavy atom. The molecule has 14 heavy (non-hydrogen) atoms. The molecule has 0 aromatic heterocycles. The smallest absolute Gasteiger partial charge is 0.339 e. The van der Waals surface area contributed by atoms with Crippen LogP contribution in [-0.2, 0) is 11.2 Å². The number of rotatable bonds is 1. The van der Waals surface area contributed by atoms with Crippen molar-refractivity contribution in [2.75, 3.05) is 6.61 Å². The van der Waals surface area contributed by atoms with Crippen LogP contribution in [0.3, 0.4) is 0 Å². The van der Waals surface area contributed by atoms with Gasteiger partial charge < -0.3 is 9.84 Å². The third-order valence-electron chi connectivity index (χ3n) is 2.19. The topological polar surface area (TPSA) is 63.6 Å². The summed E-state index contributed by atoms with van der Waals surface area (Å²) in [6.07, 6.45) is 0.586. The van der Waals surface area contributed by atoms with Crippen molar-refractivity contribution in [3.63, 3.8) is 0 Å². The number of hydrogen-bond donors (Lipinski definition) is 1. The lowest BCUT2D eigenvalue weighted by atomic mass is 9.97. The van der Waals surface area contributed by atoms with Crippen LogP contribution in [0.1, 0.15) is 26.3 Å². The number of cyclic esters (lactones) is 1. The molecule has 0 bridgehead atoms. The molecule has 4 heteroatoms. The van der Waals surface area contributed by atoms with E-state index in [9.17, 15) is 9.59 Å². The summed E-state index contributed by atoms with van der Waals surface area (Å²) in [5.41, 5.74) is 0.972. The van der Waals surface area contributed by atoms with Crippen LogP contribution in [-0.4, -0.2) is 23.7 Å². The van der Waals surface area contributed by atoms with Crippen LogP contribution in [0.25, 0.3) is 0 Å². The zero-order valence-electron chi connectivity index (χ0n) is 7.32. The Morgan fingerprint density at radius 1 is 1.43 bits per heavy atom. The number of carboxylic acids is 1. The van der Waals surface area contributed by atoms with Gasteiger partial charge in [-0.3, -0.25) is 0 Å². The molecule has 1 aliphatic rings. The number of aromatic carboxylic acids is 1. The van der Waals surface area contributed by atoms with Crippen molar-refractivity contribution in [2.24, 2.45) is 0 Å². The monoisotopic (exact) mass is 192 g/mol. The quantitative estimate of drug-likeness (QED) is 0.676. The summed E-state index contributed by atoms with van der Waals surface area (Å²) in [5, 5.41) is 8.85. The standard InChI is InChI=1S/C10H8O4/c11-9(12)7-3-1-2-6-4-5-14-10(13)8(6)7/h1-3H,4-5H2,(H,11,12). The molecule has 0 unspecified atom stereocenters. The summed E-state index contributed by atoms with van der Waals surface area (Å²) >= 11 is 0. The lowest BCUT2D eigenvalue weighted by Gasteiger charge is -2.16. The molecule has 1 aliphatic heterocycles. The molecule has 1 heterocycles. The fraction of sp³-hybridized carbons (Fsp3) is 0.200. The average Bonchev–Trinajstić information content (AvgIpc) is 2.17. The van der Waals surface area contributed by atoms with Crippen molar-refractivity contribution in [2.45, 2.75) is 6.42 Å². The molecular weight excluding hydrogens is 184 g/mol. The highest BCUT2D eigenvalue weighted by molar-refractivity contribution is 6.03. The lowest BCUT2D eigenvalue weighted by molar-refractivity contribution is 0.0469. The number of carboxylic acid groups (broad SMARTS) is 1. The summed E-state index contributed by atoms with van der Waals surface area (Å²) in [5.74, 6) is -1.63. The first-order valence-electron chi connectivity index (χ1n) is 4.22. The number of ether oxygens (including phenoxy) is 1. The number of esters is 1. The van der Waals surface area contributed by atoms with Gasteiger partial charge in [0.1, 0.15) is 0 Å². The fourth-order valence-corrected chi connectivity index (χ4v) is 1.55. The highest BCUT2D eigenvalue weighted by Gasteiger charge is 2.24. The van der Waals surface area contributed by atoms with E-state index in [2.05, 4.69) is 0 Å². The van der Waals surface area contributed by atoms with E-state index < -0.39 is 11.9 Å². The molecule has 1 aromatic carbocycles. The first kappa shape index (κ1) is 8.74. The summed E-state index contributed by atoms with van der Waals surface area (Å²) < 4.78 is 4.79. The van der Waals surface area contributed by atoms with Crippen molar-refractivity contribution in [1.29, 1.82) is 0 Å². The highest BCUT2D eigenvalue weighted by atomic mass is 16.5. The second-order valence-electron chi connectivity index (χ2n) is 3.03. The summed E-state index contributed by atoms with van der Waals surface area (Å²) in [6.45, 7) is 0.328. The van der Waals surface area contributed by atoms with Gasteiger partial charge >= 0.3 is 11.9 Å². The van der Waals surface area contributed by atoms with Crippen LogP contribution in [0, 0.1) is 0 Å². The van der Waals surface area contributed by atoms with Gasteiger partial charge in [-0.2, -0.15) is 0 Å². The Bertz CT molecular complexity index is 409. The van der Waals surface area contributed by atoms with Gasteiger partial charge in [-0.1, -0.05) is 12.1 Å². The molecular formula is C10H8O4. The molecule has 0 saturated carbocycles. The molecule has 0 spiro atoms. The Morgan fingerprint density at radius 2 is 2.21 bits per heavy atom. The molecule has 0 amide bonds. The molecule has 0 aliphatic carbocycles. The zero-order valence-corrected chi connectivity index (χ0v) is 7.32. The van der Waals surface area contributed by atoms with E-state index in [0.29, 0.717) is 13.0 Å². The van der Waals surface area contributed by atoms with E-state index in [1.807, 2.05) is 0 Å². The molecule has 2 rings (SSSR count). The fourth-order valence-electron chi connectivity index (χ4n) is 1.55. The van der Waals surface area contributed by atoms with Crippen molar-refractivity contribution in [3.05, 3.63) is 34.9 Å². The molecule has 0 atom stereocenters. The normalized spacial score (nSPS) is 14.4. The molecule has 0 saturated heterocycles. The van der Waals surface area contributed by atoms with Gasteiger partial charge in [0.15, 0.2) is 0 Å². The second kappa shape index (κ2) is 3.14. The highest BCUT2D eigenvalue weighted by Crippen LogP contribution is 2.20. The van der Waals surface area contributed by atoms with Crippen LogP contribution in [0.2, 0.25) is 0 Å². The molecule has 1 aromatic rings. The van der Waals surface area contributed by atoms with Crippen LogP contribution in [0.15, 0.2) is 18.2 Å². The number of fused-ring (bicyclic) bond motifs is 1. The number of benzene rings is 1. The average molecular weight is 192 g/mol. The van der Waals surface area contributed by atoms with E-state index in [1.165, 1.54) is 6.07 Å². The Kier molecular flexibility index (Phi) is 1.96. The van der Waals surface area contributed by atoms with Gasteiger partial charge in [0.25, 0.3) is 0 Å².